The van der Waals surface area contributed by atoms with Crippen LogP contribution in [0.1, 0.15) is 33.5 Å². The molecule has 2 aromatic rings. The zero-order chi connectivity index (χ0) is 13.8. The van der Waals surface area contributed by atoms with E-state index in [2.05, 4.69) is 41.8 Å². The van der Waals surface area contributed by atoms with E-state index in [0.29, 0.717) is 0 Å². The van der Waals surface area contributed by atoms with Crippen molar-refractivity contribution in [2.75, 3.05) is 5.32 Å². The van der Waals surface area contributed by atoms with Crippen molar-refractivity contribution in [1.82, 2.24) is 0 Å². The van der Waals surface area contributed by atoms with Gasteiger partial charge in [0.15, 0.2) is 0 Å². The van der Waals surface area contributed by atoms with Crippen LogP contribution >= 0.6 is 33.9 Å². The number of benzene rings is 1. The molecule has 4 heteroatoms. The van der Waals surface area contributed by atoms with E-state index in [1.165, 1.54) is 10.4 Å². The molecule has 0 spiro atoms. The molecule has 19 heavy (non-hydrogen) atoms. The molecule has 2 rings (SSSR count). The molecule has 0 saturated heterocycles. The molecule has 0 aliphatic heterocycles. The zero-order valence-corrected chi connectivity index (χ0v) is 14.0. The molecule has 0 atom stereocenters. The van der Waals surface area contributed by atoms with E-state index in [9.17, 15) is 4.79 Å². The lowest BCUT2D eigenvalue weighted by molar-refractivity contribution is 0.103. The van der Waals surface area contributed by atoms with E-state index in [0.717, 1.165) is 27.0 Å². The summed E-state index contributed by atoms with van der Waals surface area (Å²) in [6, 6.07) is 9.83. The highest BCUT2D eigenvalue weighted by Gasteiger charge is 2.13. The molecule has 2 nitrogen and oxygen atoms in total. The van der Waals surface area contributed by atoms with E-state index in [4.69, 9.17) is 0 Å². The first-order valence-corrected chi connectivity index (χ1v) is 8.16. The van der Waals surface area contributed by atoms with E-state index in [-0.39, 0.29) is 5.91 Å². The lowest BCUT2D eigenvalue weighted by Crippen LogP contribution is -2.11. The number of carbonyl (C=O) groups is 1. The smallest absolute Gasteiger partial charge is 0.265 e. The first-order valence-electron chi connectivity index (χ1n) is 6.27. The van der Waals surface area contributed by atoms with Gasteiger partial charge in [-0.25, -0.2) is 0 Å². The van der Waals surface area contributed by atoms with Crippen molar-refractivity contribution in [2.24, 2.45) is 0 Å². The molecule has 100 valence electrons. The summed E-state index contributed by atoms with van der Waals surface area (Å²) in [5.41, 5.74) is 2.16. The van der Waals surface area contributed by atoms with E-state index >= 15 is 0 Å². The van der Waals surface area contributed by atoms with Crippen LogP contribution in [0.5, 0.6) is 0 Å². The normalized spacial score (nSPS) is 10.5. The molecule has 0 fully saturated rings. The van der Waals surface area contributed by atoms with Crippen LogP contribution in [0.4, 0.5) is 5.69 Å². The quantitative estimate of drug-likeness (QED) is 0.748. The average molecular weight is 385 g/mol. The van der Waals surface area contributed by atoms with Crippen molar-refractivity contribution in [3.05, 3.63) is 49.2 Å². The highest BCUT2D eigenvalue weighted by atomic mass is 127. The van der Waals surface area contributed by atoms with Gasteiger partial charge in [-0.1, -0.05) is 25.5 Å². The molecular weight excluding hydrogens is 369 g/mol. The fraction of sp³-hybridized carbons (Fsp3) is 0.267. The van der Waals surface area contributed by atoms with Gasteiger partial charge in [0.2, 0.25) is 0 Å². The van der Waals surface area contributed by atoms with Crippen LogP contribution in [0.3, 0.4) is 0 Å². The van der Waals surface area contributed by atoms with Crippen LogP contribution < -0.4 is 5.32 Å². The van der Waals surface area contributed by atoms with Gasteiger partial charge in [0.1, 0.15) is 0 Å². The Labute approximate surface area is 131 Å². The predicted molar refractivity (Wildman–Crippen MR) is 90.2 cm³/mol. The maximum atomic E-state index is 12.2. The van der Waals surface area contributed by atoms with Gasteiger partial charge in [-0.05, 0) is 59.7 Å². The number of hydrogen-bond donors (Lipinski definition) is 1. The number of nitrogens with one attached hydrogen (secondary N) is 1. The maximum absolute atomic E-state index is 12.2. The van der Waals surface area contributed by atoms with Gasteiger partial charge < -0.3 is 5.32 Å². The Morgan fingerprint density at radius 3 is 2.79 bits per heavy atom. The Morgan fingerprint density at radius 2 is 2.11 bits per heavy atom. The van der Waals surface area contributed by atoms with Crippen molar-refractivity contribution < 1.29 is 4.79 Å². The summed E-state index contributed by atoms with van der Waals surface area (Å²) in [6.45, 7) is 4.24. The SMILES string of the molecule is CCCc1cc(C(=O)Nc2ccccc2I)sc1C. The number of halogens is 1. The zero-order valence-electron chi connectivity index (χ0n) is 11.0. The third kappa shape index (κ3) is 3.57. The summed E-state index contributed by atoms with van der Waals surface area (Å²) in [6.07, 6.45) is 2.15. The molecule has 0 saturated carbocycles. The maximum Gasteiger partial charge on any atom is 0.265 e. The largest absolute Gasteiger partial charge is 0.320 e. The summed E-state index contributed by atoms with van der Waals surface area (Å²) in [5.74, 6) is -0.0143. The molecule has 0 aliphatic carbocycles. The van der Waals surface area contributed by atoms with Crippen LogP contribution in [0, 0.1) is 10.5 Å². The van der Waals surface area contributed by atoms with Gasteiger partial charge >= 0.3 is 0 Å². The second kappa shape index (κ2) is 6.52. The molecule has 1 N–H and O–H groups in total. The third-order valence-corrected chi connectivity index (χ3v) is 4.92. The van der Waals surface area contributed by atoms with Gasteiger partial charge in [-0.15, -0.1) is 11.3 Å². The minimum atomic E-state index is -0.0143. The minimum absolute atomic E-state index is 0.0143. The average Bonchev–Trinajstić information content (AvgIpc) is 2.75. The topological polar surface area (TPSA) is 29.1 Å². The first-order chi connectivity index (χ1) is 9.11. The van der Waals surface area contributed by atoms with Gasteiger partial charge in [0.05, 0.1) is 10.6 Å². The van der Waals surface area contributed by atoms with Crippen LogP contribution in [0.25, 0.3) is 0 Å². The minimum Gasteiger partial charge on any atom is -0.320 e. The van der Waals surface area contributed by atoms with Crippen molar-refractivity contribution in [1.29, 1.82) is 0 Å². The fourth-order valence-electron chi connectivity index (χ4n) is 1.90. The molecule has 1 aromatic heterocycles. The predicted octanol–water partition coefficient (Wildman–Crippen LogP) is 4.87. The Bertz CT molecular complexity index is 592. The molecule has 0 aliphatic rings. The molecule has 0 bridgehead atoms. The van der Waals surface area contributed by atoms with Gasteiger partial charge in [0, 0.05) is 8.45 Å². The number of aryl methyl sites for hydroxylation is 2. The van der Waals surface area contributed by atoms with Crippen LogP contribution in [0.15, 0.2) is 30.3 Å². The Morgan fingerprint density at radius 1 is 1.37 bits per heavy atom. The van der Waals surface area contributed by atoms with Gasteiger partial charge in [-0.2, -0.15) is 0 Å². The van der Waals surface area contributed by atoms with E-state index in [1.54, 1.807) is 11.3 Å². The summed E-state index contributed by atoms with van der Waals surface area (Å²) in [5, 5.41) is 2.97. The summed E-state index contributed by atoms with van der Waals surface area (Å²) >= 11 is 3.80. The molecular formula is C15H16INOS. The third-order valence-electron chi connectivity index (χ3n) is 2.89. The number of thiophene rings is 1. The van der Waals surface area contributed by atoms with Gasteiger partial charge in [0.25, 0.3) is 5.91 Å². The Kier molecular flexibility index (Phi) is 4.99. The number of amides is 1. The molecule has 1 aromatic carbocycles. The number of rotatable bonds is 4. The number of carbonyl (C=O) groups excluding carboxylic acids is 1. The lowest BCUT2D eigenvalue weighted by atomic mass is 10.1. The van der Waals surface area contributed by atoms with Crippen LogP contribution in [-0.2, 0) is 6.42 Å². The highest BCUT2D eigenvalue weighted by Crippen LogP contribution is 2.25. The van der Waals surface area contributed by atoms with Crippen molar-refractivity contribution in [3.63, 3.8) is 0 Å². The standard InChI is InChI=1S/C15H16INOS/c1-3-6-11-9-14(19-10(11)2)15(18)17-13-8-5-4-7-12(13)16/h4-5,7-9H,3,6H2,1-2H3,(H,17,18). The molecule has 1 heterocycles. The monoisotopic (exact) mass is 385 g/mol. The summed E-state index contributed by atoms with van der Waals surface area (Å²) in [4.78, 5) is 14.3. The van der Waals surface area contributed by atoms with Gasteiger partial charge in [-0.3, -0.25) is 4.79 Å². The Balaban J connectivity index is 2.16. The van der Waals surface area contributed by atoms with Crippen LogP contribution in [-0.4, -0.2) is 5.91 Å². The van der Waals surface area contributed by atoms with E-state index in [1.807, 2.05) is 30.3 Å². The molecule has 0 unspecified atom stereocenters. The summed E-state index contributed by atoms with van der Waals surface area (Å²) in [7, 11) is 0. The second-order valence-corrected chi connectivity index (χ2v) is 6.79. The number of para-hydroxylation sites is 1. The lowest BCUT2D eigenvalue weighted by Gasteiger charge is -2.05. The molecule has 0 radical (unpaired) electrons. The first kappa shape index (κ1) is 14.5. The molecule has 1 amide bonds. The van der Waals surface area contributed by atoms with Crippen LogP contribution in [0.2, 0.25) is 0 Å². The Hall–Kier alpha value is -0.880. The number of hydrogen-bond acceptors (Lipinski definition) is 2. The fourth-order valence-corrected chi connectivity index (χ4v) is 3.38. The van der Waals surface area contributed by atoms with Crippen molar-refractivity contribution in [3.8, 4) is 0 Å². The second-order valence-electron chi connectivity index (χ2n) is 4.38. The van der Waals surface area contributed by atoms with Crippen molar-refractivity contribution >= 4 is 45.5 Å². The highest BCUT2D eigenvalue weighted by molar-refractivity contribution is 14.1. The summed E-state index contributed by atoms with van der Waals surface area (Å²) < 4.78 is 1.05. The van der Waals surface area contributed by atoms with E-state index < -0.39 is 0 Å². The number of anilines is 1. The van der Waals surface area contributed by atoms with Crippen molar-refractivity contribution in [2.45, 2.75) is 26.7 Å².